The van der Waals surface area contributed by atoms with E-state index >= 15 is 0 Å². The minimum atomic E-state index is -1.01. The van der Waals surface area contributed by atoms with Crippen LogP contribution in [0.2, 0.25) is 0 Å². The van der Waals surface area contributed by atoms with Crippen molar-refractivity contribution in [3.05, 3.63) is 12.2 Å². The van der Waals surface area contributed by atoms with Crippen molar-refractivity contribution in [3.8, 4) is 0 Å². The Morgan fingerprint density at radius 2 is 2.22 bits per heavy atom. The molecule has 1 radical (unpaired) electrons. The van der Waals surface area contributed by atoms with Gasteiger partial charge in [0.2, 0.25) is 0 Å². The van der Waals surface area contributed by atoms with Crippen LogP contribution in [0, 0.1) is 5.92 Å². The van der Waals surface area contributed by atoms with Gasteiger partial charge in [0.05, 0.1) is 5.92 Å². The van der Waals surface area contributed by atoms with E-state index in [2.05, 4.69) is 0 Å². The Balaban J connectivity index is 3.62. The second-order valence-corrected chi connectivity index (χ2v) is 1.94. The Hall–Kier alpha value is -0.790. The van der Waals surface area contributed by atoms with E-state index in [0.717, 1.165) is 6.42 Å². The maximum absolute atomic E-state index is 10.0. The van der Waals surface area contributed by atoms with Crippen LogP contribution in [0.4, 0.5) is 0 Å². The Kier molecular flexibility index (Phi) is 3.76. The van der Waals surface area contributed by atoms with Crippen LogP contribution < -0.4 is 0 Å². The zero-order valence-corrected chi connectivity index (χ0v) is 5.76. The van der Waals surface area contributed by atoms with Crippen LogP contribution in [0.3, 0.4) is 0 Å². The number of hydrogen-bond acceptors (Lipinski definition) is 1. The number of hydrogen-bond donors (Lipinski definition) is 0. The molecule has 0 amide bonds. The molecule has 2 nitrogen and oxygen atoms in total. The van der Waals surface area contributed by atoms with Gasteiger partial charge in [-0.05, 0) is 13.3 Å². The van der Waals surface area contributed by atoms with Crippen molar-refractivity contribution in [1.82, 2.24) is 0 Å². The van der Waals surface area contributed by atoms with Crippen LogP contribution in [0.1, 0.15) is 20.3 Å². The lowest BCUT2D eigenvalue weighted by molar-refractivity contribution is -0.145. The van der Waals surface area contributed by atoms with Crippen molar-refractivity contribution in [1.29, 1.82) is 0 Å². The first kappa shape index (κ1) is 8.21. The van der Waals surface area contributed by atoms with Gasteiger partial charge in [-0.15, -0.1) is 0 Å². The second-order valence-electron chi connectivity index (χ2n) is 1.94. The first-order valence-corrected chi connectivity index (χ1v) is 3.06. The Morgan fingerprint density at radius 3 is 2.56 bits per heavy atom. The average molecular weight is 127 g/mol. The van der Waals surface area contributed by atoms with Gasteiger partial charge in [-0.2, -0.15) is 0 Å². The summed E-state index contributed by atoms with van der Waals surface area (Å²) in [6, 6.07) is 0. The second kappa shape index (κ2) is 4.13. The lowest BCUT2D eigenvalue weighted by atomic mass is 10.1. The molecule has 9 heavy (non-hydrogen) atoms. The first-order chi connectivity index (χ1) is 4.18. The summed E-state index contributed by atoms with van der Waals surface area (Å²) in [6.45, 7) is 3.56. The number of rotatable bonds is 3. The van der Waals surface area contributed by atoms with E-state index < -0.39 is 11.9 Å². The van der Waals surface area contributed by atoms with Crippen LogP contribution in [0.5, 0.6) is 0 Å². The van der Waals surface area contributed by atoms with Gasteiger partial charge in [-0.25, -0.2) is 9.90 Å². The highest BCUT2D eigenvalue weighted by atomic mass is 16.4. The SMILES string of the molecule is CC/C=C/C(C)C([O])=O. The molecular formula is C7H11O2. The van der Waals surface area contributed by atoms with Crippen LogP contribution in [-0.2, 0) is 9.90 Å². The molecule has 0 bridgehead atoms. The van der Waals surface area contributed by atoms with Crippen LogP contribution in [-0.4, -0.2) is 5.97 Å². The molecule has 0 rings (SSSR count). The minimum absolute atomic E-state index is 0.454. The van der Waals surface area contributed by atoms with E-state index in [4.69, 9.17) is 0 Å². The summed E-state index contributed by atoms with van der Waals surface area (Å²) in [6.07, 6.45) is 4.33. The molecule has 2 heteroatoms. The van der Waals surface area contributed by atoms with Gasteiger partial charge in [0, 0.05) is 0 Å². The smallest absolute Gasteiger partial charge is 0.247 e. The largest absolute Gasteiger partial charge is 0.362 e. The lowest BCUT2D eigenvalue weighted by Gasteiger charge is -1.91. The average Bonchev–Trinajstić information content (AvgIpc) is 1.82. The van der Waals surface area contributed by atoms with Gasteiger partial charge in [-0.3, -0.25) is 0 Å². The van der Waals surface area contributed by atoms with Crippen LogP contribution >= 0.6 is 0 Å². The normalized spacial score (nSPS) is 14.0. The van der Waals surface area contributed by atoms with Gasteiger partial charge in [0.15, 0.2) is 0 Å². The molecule has 0 fully saturated rings. The highest BCUT2D eigenvalue weighted by Gasteiger charge is 2.06. The topological polar surface area (TPSA) is 37.0 Å². The molecule has 0 heterocycles. The molecule has 1 atom stereocenters. The van der Waals surface area contributed by atoms with E-state index in [0.29, 0.717) is 0 Å². The molecular weight excluding hydrogens is 116 g/mol. The minimum Gasteiger partial charge on any atom is -0.247 e. The van der Waals surface area contributed by atoms with E-state index in [9.17, 15) is 9.90 Å². The van der Waals surface area contributed by atoms with Crippen molar-refractivity contribution in [2.75, 3.05) is 0 Å². The molecule has 0 spiro atoms. The molecule has 0 N–H and O–H groups in total. The third kappa shape index (κ3) is 3.76. The predicted molar refractivity (Wildman–Crippen MR) is 34.3 cm³/mol. The van der Waals surface area contributed by atoms with Crippen molar-refractivity contribution < 1.29 is 9.90 Å². The summed E-state index contributed by atoms with van der Waals surface area (Å²) >= 11 is 0. The highest BCUT2D eigenvalue weighted by molar-refractivity contribution is 5.71. The van der Waals surface area contributed by atoms with Crippen LogP contribution in [0.15, 0.2) is 12.2 Å². The fourth-order valence-corrected chi connectivity index (χ4v) is 0.419. The first-order valence-electron chi connectivity index (χ1n) is 3.06. The maximum Gasteiger partial charge on any atom is 0.362 e. The number of carbonyl (C=O) groups excluding carboxylic acids is 1. The van der Waals surface area contributed by atoms with E-state index in [1.165, 1.54) is 0 Å². The Bertz CT molecular complexity index is 116. The van der Waals surface area contributed by atoms with Gasteiger partial charge in [0.25, 0.3) is 0 Å². The standard InChI is InChI=1S/C7H11O2/c1-3-4-5-6(2)7(8)9/h4-6H,3H2,1-2H3/b5-4+. The summed E-state index contributed by atoms with van der Waals surface area (Å²) in [5, 5.41) is 10.0. The third-order valence-corrected chi connectivity index (χ3v) is 1.03. The number of allylic oxidation sites excluding steroid dienone is 1. The molecule has 0 aliphatic carbocycles. The third-order valence-electron chi connectivity index (χ3n) is 1.03. The van der Waals surface area contributed by atoms with Gasteiger partial charge in [-0.1, -0.05) is 19.1 Å². The molecule has 0 aromatic carbocycles. The molecule has 0 aliphatic heterocycles. The lowest BCUT2D eigenvalue weighted by Crippen LogP contribution is -2.03. The highest BCUT2D eigenvalue weighted by Crippen LogP contribution is 1.97. The van der Waals surface area contributed by atoms with Gasteiger partial charge in [0.1, 0.15) is 0 Å². The summed E-state index contributed by atoms with van der Waals surface area (Å²) in [5.74, 6) is -1.47. The molecule has 0 aliphatic rings. The van der Waals surface area contributed by atoms with Crippen molar-refractivity contribution in [2.24, 2.45) is 5.92 Å². The quantitative estimate of drug-likeness (QED) is 0.530. The van der Waals surface area contributed by atoms with Crippen molar-refractivity contribution in [2.45, 2.75) is 20.3 Å². The van der Waals surface area contributed by atoms with E-state index in [1.54, 1.807) is 13.0 Å². The molecule has 0 saturated heterocycles. The number of carbonyl (C=O) groups is 1. The fraction of sp³-hybridized carbons (Fsp3) is 0.571. The Morgan fingerprint density at radius 1 is 1.67 bits per heavy atom. The van der Waals surface area contributed by atoms with Gasteiger partial charge < -0.3 is 0 Å². The molecule has 0 saturated carbocycles. The van der Waals surface area contributed by atoms with Crippen LogP contribution in [0.25, 0.3) is 0 Å². The monoisotopic (exact) mass is 127 g/mol. The van der Waals surface area contributed by atoms with Gasteiger partial charge >= 0.3 is 5.97 Å². The van der Waals surface area contributed by atoms with Crippen molar-refractivity contribution in [3.63, 3.8) is 0 Å². The molecule has 51 valence electrons. The van der Waals surface area contributed by atoms with E-state index in [1.807, 2.05) is 13.0 Å². The fourth-order valence-electron chi connectivity index (χ4n) is 0.419. The Labute approximate surface area is 55.2 Å². The summed E-state index contributed by atoms with van der Waals surface area (Å²) < 4.78 is 0. The summed E-state index contributed by atoms with van der Waals surface area (Å²) in [7, 11) is 0. The molecule has 0 aromatic heterocycles. The zero-order valence-electron chi connectivity index (χ0n) is 5.76. The molecule has 0 aromatic rings. The zero-order chi connectivity index (χ0) is 7.28. The van der Waals surface area contributed by atoms with E-state index in [-0.39, 0.29) is 0 Å². The summed E-state index contributed by atoms with van der Waals surface area (Å²) in [5.41, 5.74) is 0. The summed E-state index contributed by atoms with van der Waals surface area (Å²) in [4.78, 5) is 10.0. The predicted octanol–water partition coefficient (Wildman–Crippen LogP) is 1.55. The molecule has 1 unspecified atom stereocenters. The maximum atomic E-state index is 10.0. The van der Waals surface area contributed by atoms with Crippen molar-refractivity contribution >= 4 is 5.97 Å².